The Morgan fingerprint density at radius 3 is 2.80 bits per heavy atom. The minimum atomic E-state index is 0.636. The summed E-state index contributed by atoms with van der Waals surface area (Å²) in [5, 5.41) is 1.03. The van der Waals surface area contributed by atoms with E-state index < -0.39 is 0 Å². The van der Waals surface area contributed by atoms with Crippen LogP contribution in [0.5, 0.6) is 11.5 Å². The van der Waals surface area contributed by atoms with E-state index in [9.17, 15) is 0 Å². The maximum Gasteiger partial charge on any atom is 0.152 e. The molecule has 3 nitrogen and oxygen atoms in total. The summed E-state index contributed by atoms with van der Waals surface area (Å²) < 4.78 is 7.06. The summed E-state index contributed by atoms with van der Waals surface area (Å²) in [5.74, 6) is 1.47. The van der Waals surface area contributed by atoms with Crippen molar-refractivity contribution in [2.24, 2.45) is 0 Å². The van der Waals surface area contributed by atoms with Crippen molar-refractivity contribution in [3.63, 3.8) is 0 Å². The Bertz CT molecular complexity index is 768. The first-order chi connectivity index (χ1) is 9.67. The van der Waals surface area contributed by atoms with Crippen LogP contribution in [0.3, 0.4) is 0 Å². The van der Waals surface area contributed by atoms with Gasteiger partial charge in [0.15, 0.2) is 5.75 Å². The number of thiazole rings is 1. The van der Waals surface area contributed by atoms with Gasteiger partial charge in [0.25, 0.3) is 0 Å². The molecule has 0 unspecified atom stereocenters. The van der Waals surface area contributed by atoms with E-state index in [1.807, 2.05) is 49.6 Å². The van der Waals surface area contributed by atoms with Crippen LogP contribution in [0.25, 0.3) is 10.2 Å². The Balaban J connectivity index is 2.03. The summed E-state index contributed by atoms with van der Waals surface area (Å²) in [6.45, 7) is 1.99. The number of benzene rings is 2. The molecule has 0 atom stereocenters. The highest BCUT2D eigenvalue weighted by Crippen LogP contribution is 2.37. The van der Waals surface area contributed by atoms with Crippen LogP contribution in [0.1, 0.15) is 5.01 Å². The van der Waals surface area contributed by atoms with Crippen LogP contribution in [0.2, 0.25) is 0 Å². The van der Waals surface area contributed by atoms with Crippen LogP contribution < -0.4 is 10.5 Å². The number of ether oxygens (including phenoxy) is 1. The van der Waals surface area contributed by atoms with Gasteiger partial charge in [-0.3, -0.25) is 0 Å². The molecule has 2 aromatic carbocycles. The molecule has 2 N–H and O–H groups in total. The Hall–Kier alpha value is -1.72. The van der Waals surface area contributed by atoms with Gasteiger partial charge in [-0.05, 0) is 31.4 Å². The number of thioether (sulfide) groups is 1. The third-order valence-corrected chi connectivity index (χ3v) is 4.63. The second kappa shape index (κ2) is 5.34. The van der Waals surface area contributed by atoms with Crippen molar-refractivity contribution in [1.29, 1.82) is 0 Å². The van der Waals surface area contributed by atoms with Gasteiger partial charge in [-0.15, -0.1) is 23.1 Å². The van der Waals surface area contributed by atoms with Crippen molar-refractivity contribution in [2.45, 2.75) is 11.8 Å². The van der Waals surface area contributed by atoms with Crippen molar-refractivity contribution in [3.8, 4) is 11.5 Å². The molecule has 1 heterocycles. The van der Waals surface area contributed by atoms with Crippen molar-refractivity contribution >= 4 is 39.0 Å². The summed E-state index contributed by atoms with van der Waals surface area (Å²) in [7, 11) is 0. The van der Waals surface area contributed by atoms with Crippen LogP contribution in [0.15, 0.2) is 41.3 Å². The number of aromatic nitrogens is 1. The number of hydrogen-bond acceptors (Lipinski definition) is 5. The number of para-hydroxylation sites is 1. The lowest BCUT2D eigenvalue weighted by molar-refractivity contribution is 0.474. The first-order valence-corrected chi connectivity index (χ1v) is 8.19. The summed E-state index contributed by atoms with van der Waals surface area (Å²) in [4.78, 5) is 5.56. The van der Waals surface area contributed by atoms with Gasteiger partial charge in [0, 0.05) is 11.0 Å². The lowest BCUT2D eigenvalue weighted by atomic mass is 10.2. The minimum absolute atomic E-state index is 0.636. The molecule has 0 aliphatic carbocycles. The fourth-order valence-electron chi connectivity index (χ4n) is 2.00. The monoisotopic (exact) mass is 302 g/mol. The van der Waals surface area contributed by atoms with Crippen LogP contribution >= 0.6 is 23.1 Å². The van der Waals surface area contributed by atoms with Crippen LogP contribution in [-0.4, -0.2) is 11.2 Å². The summed E-state index contributed by atoms with van der Waals surface area (Å²) in [6.07, 6.45) is 2.03. The molecule has 0 saturated heterocycles. The highest BCUT2D eigenvalue weighted by molar-refractivity contribution is 7.98. The normalized spacial score (nSPS) is 10.9. The van der Waals surface area contributed by atoms with E-state index in [1.54, 1.807) is 23.1 Å². The van der Waals surface area contributed by atoms with E-state index in [1.165, 1.54) is 0 Å². The Labute approximate surface area is 125 Å². The molecule has 3 aromatic rings. The maximum absolute atomic E-state index is 6.08. The molecular formula is C15H14N2OS2. The molecule has 0 aliphatic heterocycles. The smallest absolute Gasteiger partial charge is 0.152 e. The number of nitrogen functional groups attached to an aromatic ring is 1. The standard InChI is InChI=1S/C15H14N2OS2/c1-9-17-11-8-13(10(16)7-15(11)20-9)18-12-5-3-4-6-14(12)19-2/h3-8H,16H2,1-2H3. The van der Waals surface area contributed by atoms with Gasteiger partial charge in [0.1, 0.15) is 5.75 Å². The molecule has 0 bridgehead atoms. The molecule has 3 rings (SSSR count). The van der Waals surface area contributed by atoms with E-state index in [2.05, 4.69) is 4.98 Å². The van der Waals surface area contributed by atoms with Crippen molar-refractivity contribution in [1.82, 2.24) is 4.98 Å². The van der Waals surface area contributed by atoms with Gasteiger partial charge >= 0.3 is 0 Å². The first-order valence-electron chi connectivity index (χ1n) is 6.15. The highest BCUT2D eigenvalue weighted by atomic mass is 32.2. The molecule has 0 amide bonds. The molecule has 5 heteroatoms. The van der Waals surface area contributed by atoms with E-state index in [0.717, 1.165) is 25.9 Å². The van der Waals surface area contributed by atoms with E-state index in [-0.39, 0.29) is 0 Å². The summed E-state index contributed by atoms with van der Waals surface area (Å²) >= 11 is 3.29. The quantitative estimate of drug-likeness (QED) is 0.562. The first kappa shape index (κ1) is 13.3. The van der Waals surface area contributed by atoms with Gasteiger partial charge in [0.05, 0.1) is 20.9 Å². The average Bonchev–Trinajstić information content (AvgIpc) is 2.79. The zero-order chi connectivity index (χ0) is 14.1. The number of nitrogens with zero attached hydrogens (tertiary/aromatic N) is 1. The Kier molecular flexibility index (Phi) is 3.54. The molecule has 0 fully saturated rings. The molecule has 0 radical (unpaired) electrons. The Morgan fingerprint density at radius 1 is 1.20 bits per heavy atom. The fraction of sp³-hybridized carbons (Fsp3) is 0.133. The number of nitrogens with two attached hydrogens (primary N) is 1. The number of aryl methyl sites for hydroxylation is 1. The van der Waals surface area contributed by atoms with E-state index >= 15 is 0 Å². The second-order valence-electron chi connectivity index (χ2n) is 4.34. The molecule has 1 aromatic heterocycles. The largest absolute Gasteiger partial charge is 0.454 e. The number of rotatable bonds is 3. The van der Waals surface area contributed by atoms with E-state index in [0.29, 0.717) is 11.4 Å². The number of hydrogen-bond donors (Lipinski definition) is 1. The lowest BCUT2D eigenvalue weighted by Gasteiger charge is -2.11. The topological polar surface area (TPSA) is 48.1 Å². The molecule has 0 spiro atoms. The van der Waals surface area contributed by atoms with Gasteiger partial charge < -0.3 is 10.5 Å². The number of anilines is 1. The second-order valence-corrected chi connectivity index (χ2v) is 6.43. The van der Waals surface area contributed by atoms with Crippen LogP contribution in [0.4, 0.5) is 5.69 Å². The SMILES string of the molecule is CSc1ccccc1Oc1cc2nc(C)sc2cc1N. The maximum atomic E-state index is 6.08. The summed E-state index contributed by atoms with van der Waals surface area (Å²) in [6, 6.07) is 11.8. The number of fused-ring (bicyclic) bond motifs is 1. The summed E-state index contributed by atoms with van der Waals surface area (Å²) in [5.41, 5.74) is 7.65. The Morgan fingerprint density at radius 2 is 2.00 bits per heavy atom. The molecule has 0 aliphatic rings. The fourth-order valence-corrected chi connectivity index (χ4v) is 3.38. The molecule has 0 saturated carbocycles. The predicted octanol–water partition coefficient (Wildman–Crippen LogP) is 4.70. The van der Waals surface area contributed by atoms with Gasteiger partial charge in [0.2, 0.25) is 0 Å². The van der Waals surface area contributed by atoms with Gasteiger partial charge in [-0.25, -0.2) is 4.98 Å². The van der Waals surface area contributed by atoms with Crippen LogP contribution in [-0.2, 0) is 0 Å². The van der Waals surface area contributed by atoms with Crippen LogP contribution in [0, 0.1) is 6.92 Å². The molecule has 102 valence electrons. The average molecular weight is 302 g/mol. The lowest BCUT2D eigenvalue weighted by Crippen LogP contribution is -1.93. The van der Waals surface area contributed by atoms with Crippen molar-refractivity contribution in [3.05, 3.63) is 41.4 Å². The minimum Gasteiger partial charge on any atom is -0.454 e. The van der Waals surface area contributed by atoms with Crippen molar-refractivity contribution < 1.29 is 4.74 Å². The third kappa shape index (κ3) is 2.46. The highest BCUT2D eigenvalue weighted by Gasteiger charge is 2.10. The predicted molar refractivity (Wildman–Crippen MR) is 87.1 cm³/mol. The van der Waals surface area contributed by atoms with Gasteiger partial charge in [-0.1, -0.05) is 12.1 Å². The zero-order valence-electron chi connectivity index (χ0n) is 11.2. The third-order valence-electron chi connectivity index (χ3n) is 2.92. The van der Waals surface area contributed by atoms with E-state index in [4.69, 9.17) is 10.5 Å². The zero-order valence-corrected chi connectivity index (χ0v) is 12.8. The van der Waals surface area contributed by atoms with Crippen molar-refractivity contribution in [2.75, 3.05) is 12.0 Å². The molecular weight excluding hydrogens is 288 g/mol. The molecule has 20 heavy (non-hydrogen) atoms. The van der Waals surface area contributed by atoms with Gasteiger partial charge in [-0.2, -0.15) is 0 Å².